The predicted octanol–water partition coefficient (Wildman–Crippen LogP) is 1.92. The topological polar surface area (TPSA) is 90.7 Å². The number of amides is 1. The molecule has 0 aliphatic carbocycles. The molecule has 160 valence electrons. The molecule has 1 amide bonds. The van der Waals surface area contributed by atoms with E-state index in [4.69, 9.17) is 9.47 Å². The van der Waals surface area contributed by atoms with Crippen LogP contribution in [0.25, 0.3) is 10.9 Å². The van der Waals surface area contributed by atoms with Crippen molar-refractivity contribution in [3.63, 3.8) is 0 Å². The van der Waals surface area contributed by atoms with Gasteiger partial charge in [0.2, 0.25) is 0 Å². The van der Waals surface area contributed by atoms with Gasteiger partial charge in [0.15, 0.2) is 6.61 Å². The first-order valence-corrected chi connectivity index (χ1v) is 10.6. The molecule has 0 unspecified atom stereocenters. The minimum absolute atomic E-state index is 0.0470. The summed E-state index contributed by atoms with van der Waals surface area (Å²) >= 11 is 0. The minimum Gasteiger partial charge on any atom is -0.452 e. The van der Waals surface area contributed by atoms with Gasteiger partial charge in [-0.25, -0.2) is 9.78 Å². The molecule has 30 heavy (non-hydrogen) atoms. The highest BCUT2D eigenvalue weighted by Gasteiger charge is 2.26. The summed E-state index contributed by atoms with van der Waals surface area (Å²) in [6.07, 6.45) is 3.71. The van der Waals surface area contributed by atoms with Gasteiger partial charge in [-0.15, -0.1) is 0 Å². The Bertz CT molecular complexity index is 1020. The molecule has 8 nitrogen and oxygen atoms in total. The zero-order valence-corrected chi connectivity index (χ0v) is 17.4. The number of hydrogen-bond acceptors (Lipinski definition) is 6. The summed E-state index contributed by atoms with van der Waals surface area (Å²) in [5.74, 6) is -0.0782. The zero-order chi connectivity index (χ0) is 21.3. The Kier molecular flexibility index (Phi) is 5.85. The fourth-order valence-electron chi connectivity index (χ4n) is 4.23. The molecule has 2 aliphatic heterocycles. The van der Waals surface area contributed by atoms with Crippen molar-refractivity contribution < 1.29 is 19.1 Å². The third-order valence-electron chi connectivity index (χ3n) is 5.65. The normalized spacial score (nSPS) is 21.7. The van der Waals surface area contributed by atoms with Crippen LogP contribution in [0, 0.1) is 0 Å². The van der Waals surface area contributed by atoms with Crippen molar-refractivity contribution in [3.05, 3.63) is 39.9 Å². The van der Waals surface area contributed by atoms with E-state index in [0.717, 1.165) is 31.5 Å². The van der Waals surface area contributed by atoms with E-state index in [1.54, 1.807) is 27.7 Å². The third kappa shape index (κ3) is 4.23. The summed E-state index contributed by atoms with van der Waals surface area (Å²) in [6.45, 7) is 5.14. The maximum Gasteiger partial charge on any atom is 0.338 e. The highest BCUT2D eigenvalue weighted by atomic mass is 16.5. The number of aryl methyl sites for hydroxylation is 1. The molecule has 0 spiro atoms. The van der Waals surface area contributed by atoms with E-state index in [9.17, 15) is 14.4 Å². The number of carbonyl (C=O) groups excluding carboxylic acids is 2. The molecule has 4 rings (SSSR count). The van der Waals surface area contributed by atoms with Gasteiger partial charge in [0.05, 0.1) is 28.7 Å². The Hall–Kier alpha value is -2.74. The summed E-state index contributed by atoms with van der Waals surface area (Å²) in [6, 6.07) is 4.75. The van der Waals surface area contributed by atoms with Crippen molar-refractivity contribution in [1.82, 2.24) is 14.5 Å². The Morgan fingerprint density at radius 2 is 1.93 bits per heavy atom. The van der Waals surface area contributed by atoms with Gasteiger partial charge >= 0.3 is 5.97 Å². The van der Waals surface area contributed by atoms with Gasteiger partial charge in [-0.2, -0.15) is 0 Å². The van der Waals surface area contributed by atoms with Crippen LogP contribution in [-0.2, 0) is 27.2 Å². The molecule has 2 aromatic rings. The number of hydrogen-bond donors (Lipinski definition) is 0. The molecule has 0 bridgehead atoms. The largest absolute Gasteiger partial charge is 0.452 e. The van der Waals surface area contributed by atoms with E-state index < -0.39 is 5.97 Å². The molecule has 3 heterocycles. The summed E-state index contributed by atoms with van der Waals surface area (Å²) in [5, 5.41) is 0.490. The summed E-state index contributed by atoms with van der Waals surface area (Å²) in [4.78, 5) is 44.0. The number of benzene rings is 1. The van der Waals surface area contributed by atoms with Gasteiger partial charge in [-0.05, 0) is 44.9 Å². The average molecular weight is 413 g/mol. The number of rotatable bonds is 3. The fraction of sp³-hybridized carbons (Fsp3) is 0.545. The highest BCUT2D eigenvalue weighted by molar-refractivity contribution is 5.95. The Morgan fingerprint density at radius 3 is 2.70 bits per heavy atom. The van der Waals surface area contributed by atoms with Crippen LogP contribution in [-0.4, -0.2) is 58.2 Å². The molecular formula is C22H27N3O5. The molecule has 2 atom stereocenters. The third-order valence-corrected chi connectivity index (χ3v) is 5.65. The van der Waals surface area contributed by atoms with E-state index in [0.29, 0.717) is 30.5 Å². The van der Waals surface area contributed by atoms with Gasteiger partial charge in [0.1, 0.15) is 5.82 Å². The first-order valence-electron chi connectivity index (χ1n) is 10.6. The maximum absolute atomic E-state index is 12.8. The number of aromatic nitrogens is 2. The van der Waals surface area contributed by atoms with Crippen LogP contribution in [0.4, 0.5) is 0 Å². The quantitative estimate of drug-likeness (QED) is 0.714. The van der Waals surface area contributed by atoms with Crippen molar-refractivity contribution in [2.24, 2.45) is 0 Å². The van der Waals surface area contributed by atoms with Crippen molar-refractivity contribution in [1.29, 1.82) is 0 Å². The van der Waals surface area contributed by atoms with Crippen LogP contribution in [0.2, 0.25) is 0 Å². The van der Waals surface area contributed by atoms with E-state index in [-0.39, 0.29) is 35.8 Å². The van der Waals surface area contributed by atoms with Crippen molar-refractivity contribution in [2.75, 3.05) is 19.7 Å². The molecule has 0 N–H and O–H groups in total. The highest BCUT2D eigenvalue weighted by Crippen LogP contribution is 2.17. The van der Waals surface area contributed by atoms with Crippen LogP contribution in [0.3, 0.4) is 0 Å². The average Bonchev–Trinajstić information content (AvgIpc) is 2.96. The number of esters is 1. The SMILES string of the molecule is C[C@@H]1CN(C(=O)COC(=O)c2ccc3c(=O)n4c(nc3c2)CCCCC4)C[C@H](C)O1. The molecule has 0 saturated carbocycles. The number of nitrogens with zero attached hydrogens (tertiary/aromatic N) is 3. The van der Waals surface area contributed by atoms with Gasteiger partial charge in [-0.1, -0.05) is 6.42 Å². The second-order valence-corrected chi connectivity index (χ2v) is 8.16. The second kappa shape index (κ2) is 8.55. The first kappa shape index (κ1) is 20.5. The Labute approximate surface area is 174 Å². The number of ether oxygens (including phenoxy) is 2. The standard InChI is InChI=1S/C22H27N3O5/c1-14-11-24(12-15(2)30-14)20(26)13-29-22(28)16-7-8-17-18(10-16)23-19-6-4-3-5-9-25(19)21(17)27/h7-8,10,14-15H,3-6,9,11-13H2,1-2H3/t14-,15+. The maximum atomic E-state index is 12.8. The monoisotopic (exact) mass is 413 g/mol. The van der Waals surface area contributed by atoms with Crippen molar-refractivity contribution in [2.45, 2.75) is 58.3 Å². The molecule has 1 aromatic carbocycles. The number of morpholine rings is 1. The minimum atomic E-state index is -0.601. The van der Waals surface area contributed by atoms with E-state index in [1.165, 1.54) is 0 Å². The predicted molar refractivity (Wildman–Crippen MR) is 110 cm³/mol. The Morgan fingerprint density at radius 1 is 1.17 bits per heavy atom. The molecule has 2 aliphatic rings. The van der Waals surface area contributed by atoms with Crippen LogP contribution in [0.15, 0.2) is 23.0 Å². The van der Waals surface area contributed by atoms with E-state index >= 15 is 0 Å². The van der Waals surface area contributed by atoms with E-state index in [1.807, 2.05) is 13.8 Å². The number of fused-ring (bicyclic) bond motifs is 2. The van der Waals surface area contributed by atoms with Crippen molar-refractivity contribution >= 4 is 22.8 Å². The van der Waals surface area contributed by atoms with E-state index in [2.05, 4.69) is 4.98 Å². The smallest absolute Gasteiger partial charge is 0.338 e. The molecule has 1 saturated heterocycles. The molecule has 1 aromatic heterocycles. The van der Waals surface area contributed by atoms with Crippen LogP contribution < -0.4 is 5.56 Å². The van der Waals surface area contributed by atoms with Gasteiger partial charge in [0, 0.05) is 26.1 Å². The summed E-state index contributed by atoms with van der Waals surface area (Å²) in [7, 11) is 0. The first-order chi connectivity index (χ1) is 14.4. The Balaban J connectivity index is 1.48. The second-order valence-electron chi connectivity index (χ2n) is 8.16. The van der Waals surface area contributed by atoms with Gasteiger partial charge in [-0.3, -0.25) is 14.2 Å². The summed E-state index contributed by atoms with van der Waals surface area (Å²) in [5.41, 5.74) is 0.705. The number of carbonyl (C=O) groups is 2. The molecule has 1 fully saturated rings. The lowest BCUT2D eigenvalue weighted by molar-refractivity contribution is -0.146. The van der Waals surface area contributed by atoms with Crippen molar-refractivity contribution in [3.8, 4) is 0 Å². The summed E-state index contributed by atoms with van der Waals surface area (Å²) < 4.78 is 12.6. The van der Waals surface area contributed by atoms with Gasteiger partial charge in [0.25, 0.3) is 11.5 Å². The lowest BCUT2D eigenvalue weighted by Gasteiger charge is -2.35. The fourth-order valence-corrected chi connectivity index (χ4v) is 4.23. The van der Waals surface area contributed by atoms with Crippen LogP contribution in [0.1, 0.15) is 49.3 Å². The van der Waals surface area contributed by atoms with Gasteiger partial charge < -0.3 is 14.4 Å². The molecule has 8 heteroatoms. The zero-order valence-electron chi connectivity index (χ0n) is 17.4. The molecular weight excluding hydrogens is 386 g/mol. The van der Waals surface area contributed by atoms with Crippen LogP contribution in [0.5, 0.6) is 0 Å². The lowest BCUT2D eigenvalue weighted by Crippen LogP contribution is -2.49. The molecule has 0 radical (unpaired) electrons. The lowest BCUT2D eigenvalue weighted by atomic mass is 10.1. The van der Waals surface area contributed by atoms with Crippen LogP contribution >= 0.6 is 0 Å².